The van der Waals surface area contributed by atoms with Crippen molar-refractivity contribution in [2.75, 3.05) is 5.32 Å². The van der Waals surface area contributed by atoms with E-state index in [0.717, 1.165) is 0 Å². The number of halogens is 2. The van der Waals surface area contributed by atoms with Gasteiger partial charge in [-0.05, 0) is 30.3 Å². The van der Waals surface area contributed by atoms with E-state index in [4.69, 9.17) is 16.9 Å². The number of nitrogens with zero attached hydrogens (tertiary/aromatic N) is 3. The van der Waals surface area contributed by atoms with Crippen LogP contribution in [0.2, 0.25) is 5.15 Å². The molecule has 0 aliphatic carbocycles. The predicted molar refractivity (Wildman–Crippen MR) is 92.2 cm³/mol. The summed E-state index contributed by atoms with van der Waals surface area (Å²) < 4.78 is 14.3. The third kappa shape index (κ3) is 3.74. The molecule has 5 nitrogen and oxygen atoms in total. The van der Waals surface area contributed by atoms with Gasteiger partial charge in [-0.25, -0.2) is 9.37 Å². The van der Waals surface area contributed by atoms with E-state index >= 15 is 0 Å². The van der Waals surface area contributed by atoms with Crippen molar-refractivity contribution in [1.29, 1.82) is 5.26 Å². The molecule has 0 fully saturated rings. The average molecular weight is 355 g/mol. The molecule has 7 heteroatoms. The van der Waals surface area contributed by atoms with Crippen LogP contribution in [-0.2, 0) is 0 Å². The molecule has 0 saturated heterocycles. The Morgan fingerprint density at radius 3 is 2.72 bits per heavy atom. The molecule has 3 rings (SSSR count). The van der Waals surface area contributed by atoms with Crippen molar-refractivity contribution in [2.24, 2.45) is 0 Å². The minimum Gasteiger partial charge on any atom is -0.369 e. The second-order valence-electron chi connectivity index (χ2n) is 5.19. The fraction of sp³-hybridized carbons (Fsp3) is 0.0556. The Labute approximate surface area is 148 Å². The van der Waals surface area contributed by atoms with E-state index in [9.17, 15) is 9.50 Å². The van der Waals surface area contributed by atoms with Crippen LogP contribution >= 0.6 is 11.6 Å². The van der Waals surface area contributed by atoms with Crippen LogP contribution < -0.4 is 5.32 Å². The Kier molecular flexibility index (Phi) is 4.89. The molecule has 2 heterocycles. The number of aliphatic hydroxyl groups is 1. The molecule has 0 amide bonds. The molecule has 3 aromatic rings. The van der Waals surface area contributed by atoms with Crippen LogP contribution in [0.4, 0.5) is 10.1 Å². The summed E-state index contributed by atoms with van der Waals surface area (Å²) in [5.41, 5.74) is 1.98. The van der Waals surface area contributed by atoms with Gasteiger partial charge in [0.1, 0.15) is 11.0 Å². The number of hydrogen-bond acceptors (Lipinski definition) is 5. The van der Waals surface area contributed by atoms with E-state index in [1.54, 1.807) is 12.1 Å². The highest BCUT2D eigenvalue weighted by Gasteiger charge is 2.14. The standard InChI is InChI=1S/C18H12ClFN4O/c19-17-8-12(3-6-23-17)18(25)24-16-10-22-5-4-14(16)13-2-1-11(9-21)7-15(13)20/h1-8,10,18,24-25H. The summed E-state index contributed by atoms with van der Waals surface area (Å²) >= 11 is 5.83. The smallest absolute Gasteiger partial charge is 0.151 e. The quantitative estimate of drug-likeness (QED) is 0.548. The minimum atomic E-state index is -1.08. The highest BCUT2D eigenvalue weighted by atomic mass is 35.5. The molecule has 0 saturated carbocycles. The van der Waals surface area contributed by atoms with E-state index in [0.29, 0.717) is 22.4 Å². The van der Waals surface area contributed by atoms with Gasteiger partial charge in [0.15, 0.2) is 6.23 Å². The largest absolute Gasteiger partial charge is 0.369 e. The first-order valence-electron chi connectivity index (χ1n) is 7.28. The van der Waals surface area contributed by atoms with Crippen LogP contribution in [0.1, 0.15) is 17.4 Å². The van der Waals surface area contributed by atoms with Crippen molar-refractivity contribution in [3.05, 3.63) is 77.1 Å². The van der Waals surface area contributed by atoms with Crippen molar-refractivity contribution in [3.63, 3.8) is 0 Å². The molecule has 1 atom stereocenters. The second-order valence-corrected chi connectivity index (χ2v) is 5.57. The van der Waals surface area contributed by atoms with Gasteiger partial charge in [0, 0.05) is 29.1 Å². The SMILES string of the molecule is N#Cc1ccc(-c2ccncc2NC(O)c2ccnc(Cl)c2)c(F)c1. The lowest BCUT2D eigenvalue weighted by molar-refractivity contribution is 0.208. The van der Waals surface area contributed by atoms with Crippen LogP contribution in [0.15, 0.2) is 55.0 Å². The van der Waals surface area contributed by atoms with Crippen LogP contribution in [0.25, 0.3) is 11.1 Å². The molecule has 0 bridgehead atoms. The van der Waals surface area contributed by atoms with E-state index in [-0.39, 0.29) is 10.7 Å². The summed E-state index contributed by atoms with van der Waals surface area (Å²) in [6.45, 7) is 0. The maximum atomic E-state index is 14.3. The normalized spacial score (nSPS) is 11.6. The number of nitriles is 1. The predicted octanol–water partition coefficient (Wildman–Crippen LogP) is 3.91. The number of hydrogen-bond donors (Lipinski definition) is 2. The number of pyridine rings is 2. The summed E-state index contributed by atoms with van der Waals surface area (Å²) in [5, 5.41) is 22.4. The molecule has 25 heavy (non-hydrogen) atoms. The van der Waals surface area contributed by atoms with E-state index in [1.807, 2.05) is 6.07 Å². The number of aromatic nitrogens is 2. The molecular formula is C18H12ClFN4O. The number of aliphatic hydroxyl groups excluding tert-OH is 1. The van der Waals surface area contributed by atoms with Gasteiger partial charge in [-0.2, -0.15) is 5.26 Å². The summed E-state index contributed by atoms with van der Waals surface area (Å²) in [7, 11) is 0. The van der Waals surface area contributed by atoms with Crippen molar-refractivity contribution in [3.8, 4) is 17.2 Å². The second kappa shape index (κ2) is 7.26. The third-order valence-corrected chi connectivity index (χ3v) is 3.77. The molecule has 2 N–H and O–H groups in total. The highest BCUT2D eigenvalue weighted by Crippen LogP contribution is 2.31. The van der Waals surface area contributed by atoms with Crippen molar-refractivity contribution >= 4 is 17.3 Å². The van der Waals surface area contributed by atoms with E-state index in [2.05, 4.69) is 15.3 Å². The molecule has 0 aliphatic heterocycles. The summed E-state index contributed by atoms with van der Waals surface area (Å²) in [6, 6.07) is 10.9. The number of benzene rings is 1. The van der Waals surface area contributed by atoms with E-state index < -0.39 is 12.0 Å². The first kappa shape index (κ1) is 16.8. The first-order valence-corrected chi connectivity index (χ1v) is 7.66. The van der Waals surface area contributed by atoms with Crippen LogP contribution in [-0.4, -0.2) is 15.1 Å². The lowest BCUT2D eigenvalue weighted by atomic mass is 10.0. The summed E-state index contributed by atoms with van der Waals surface area (Å²) in [4.78, 5) is 7.87. The molecule has 124 valence electrons. The van der Waals surface area contributed by atoms with Gasteiger partial charge >= 0.3 is 0 Å². The van der Waals surface area contributed by atoms with Gasteiger partial charge in [-0.1, -0.05) is 17.7 Å². The zero-order valence-corrected chi connectivity index (χ0v) is 13.6. The Hall–Kier alpha value is -3.01. The van der Waals surface area contributed by atoms with Crippen molar-refractivity contribution < 1.29 is 9.50 Å². The zero-order chi connectivity index (χ0) is 17.8. The summed E-state index contributed by atoms with van der Waals surface area (Å²) in [5.74, 6) is -0.533. The zero-order valence-electron chi connectivity index (χ0n) is 12.8. The Morgan fingerprint density at radius 1 is 1.16 bits per heavy atom. The Bertz CT molecular complexity index is 958. The lowest BCUT2D eigenvalue weighted by Crippen LogP contribution is -2.11. The van der Waals surface area contributed by atoms with Crippen LogP contribution in [0.3, 0.4) is 0 Å². The first-order chi connectivity index (χ1) is 12.1. The van der Waals surface area contributed by atoms with Gasteiger partial charge in [0.05, 0.1) is 23.5 Å². The number of rotatable bonds is 4. The van der Waals surface area contributed by atoms with Crippen LogP contribution in [0, 0.1) is 17.1 Å². The lowest BCUT2D eigenvalue weighted by Gasteiger charge is -2.17. The fourth-order valence-corrected chi connectivity index (χ4v) is 2.55. The maximum Gasteiger partial charge on any atom is 0.151 e. The number of nitrogens with one attached hydrogen (secondary N) is 1. The average Bonchev–Trinajstić information content (AvgIpc) is 2.62. The molecule has 1 aromatic carbocycles. The van der Waals surface area contributed by atoms with Crippen LogP contribution in [0.5, 0.6) is 0 Å². The molecule has 1 unspecified atom stereocenters. The maximum absolute atomic E-state index is 14.3. The molecule has 0 aliphatic rings. The minimum absolute atomic E-state index is 0.233. The Balaban J connectivity index is 1.95. The Morgan fingerprint density at radius 2 is 2.00 bits per heavy atom. The highest BCUT2D eigenvalue weighted by molar-refractivity contribution is 6.29. The summed E-state index contributed by atoms with van der Waals surface area (Å²) in [6.07, 6.45) is 3.41. The fourth-order valence-electron chi connectivity index (χ4n) is 2.37. The molecule has 0 radical (unpaired) electrons. The topological polar surface area (TPSA) is 81.8 Å². The van der Waals surface area contributed by atoms with Gasteiger partial charge < -0.3 is 10.4 Å². The third-order valence-electron chi connectivity index (χ3n) is 3.57. The van der Waals surface area contributed by atoms with E-state index in [1.165, 1.54) is 42.9 Å². The molecule has 2 aromatic heterocycles. The van der Waals surface area contributed by atoms with Crippen molar-refractivity contribution in [2.45, 2.75) is 6.23 Å². The van der Waals surface area contributed by atoms with Crippen molar-refractivity contribution in [1.82, 2.24) is 9.97 Å². The molecular weight excluding hydrogens is 343 g/mol. The van der Waals surface area contributed by atoms with Gasteiger partial charge in [-0.15, -0.1) is 0 Å². The monoisotopic (exact) mass is 354 g/mol. The van der Waals surface area contributed by atoms with Gasteiger partial charge in [-0.3, -0.25) is 4.98 Å². The van der Waals surface area contributed by atoms with Gasteiger partial charge in [0.2, 0.25) is 0 Å². The van der Waals surface area contributed by atoms with Gasteiger partial charge in [0.25, 0.3) is 0 Å². The number of anilines is 1. The molecule has 0 spiro atoms.